The molecule has 1 N–H and O–H groups in total. The third kappa shape index (κ3) is 6.60. The Morgan fingerprint density at radius 1 is 0.943 bits per heavy atom. The molecule has 3 fully saturated rings. The Morgan fingerprint density at radius 3 is 2.38 bits per heavy atom. The Hall–Kier alpha value is -4.02. The number of methoxy groups -OCH3 is 1. The van der Waals surface area contributed by atoms with E-state index in [0.29, 0.717) is 36.7 Å². The van der Waals surface area contributed by atoms with E-state index in [-0.39, 0.29) is 35.2 Å². The van der Waals surface area contributed by atoms with Gasteiger partial charge in [-0.2, -0.15) is 5.10 Å². The average Bonchev–Trinajstić information content (AvgIpc) is 3.65. The van der Waals surface area contributed by atoms with Crippen LogP contribution in [0, 0.1) is 0 Å². The number of allylic oxidation sites excluding steroid dienone is 1. The summed E-state index contributed by atoms with van der Waals surface area (Å²) in [4.78, 5) is 32.6. The van der Waals surface area contributed by atoms with Gasteiger partial charge in [0.05, 0.1) is 42.8 Å². The number of ether oxygens (including phenoxy) is 1. The van der Waals surface area contributed by atoms with E-state index >= 15 is 0 Å². The lowest BCUT2D eigenvalue weighted by Crippen LogP contribution is -2.56. The molecule has 4 heterocycles. The van der Waals surface area contributed by atoms with Gasteiger partial charge < -0.3 is 14.2 Å². The second-order valence-electron chi connectivity index (χ2n) is 16.1. The predicted molar refractivity (Wildman–Crippen MR) is 216 cm³/mol. The van der Waals surface area contributed by atoms with Crippen LogP contribution in [0.5, 0.6) is 5.75 Å². The van der Waals surface area contributed by atoms with Gasteiger partial charge in [0.25, 0.3) is 11.8 Å². The van der Waals surface area contributed by atoms with Crippen LogP contribution < -0.4 is 9.46 Å². The molecule has 0 bridgehead atoms. The second-order valence-corrected chi connectivity index (χ2v) is 17.5. The standard InChI is InChI=1S/C43H54N6O3S/c1-26(2)53-45-42(50)30-15-17-36-38(21-30)48-25-32(19-31-20-34(52-6)16-18-35(31)41(48)39(36)29-11-8-7-9-12-29)40-37(22-44-49(40)33-13-10-14-33)43(51)47-23-27(3)46(5)28(4)24-47/h15-22,26-29,33H,7-14,23-25H2,1-6H3,(H,45,50). The zero-order valence-corrected chi connectivity index (χ0v) is 33.0. The predicted octanol–water partition coefficient (Wildman–Crippen LogP) is 8.79. The van der Waals surface area contributed by atoms with E-state index in [0.717, 1.165) is 65.8 Å². The van der Waals surface area contributed by atoms with Gasteiger partial charge in [-0.3, -0.25) is 23.9 Å². The molecule has 4 aromatic rings. The van der Waals surface area contributed by atoms with Crippen molar-refractivity contribution in [2.24, 2.45) is 0 Å². The van der Waals surface area contributed by atoms with Crippen molar-refractivity contribution in [2.45, 2.75) is 115 Å². The van der Waals surface area contributed by atoms with Crippen LogP contribution in [-0.2, 0) is 6.54 Å². The topological polar surface area (TPSA) is 84.6 Å². The molecule has 2 unspecified atom stereocenters. The highest BCUT2D eigenvalue weighted by Crippen LogP contribution is 2.48. The van der Waals surface area contributed by atoms with E-state index in [2.05, 4.69) is 90.0 Å². The Labute approximate surface area is 318 Å². The van der Waals surface area contributed by atoms with Crippen LogP contribution >= 0.6 is 11.9 Å². The first-order valence-corrected chi connectivity index (χ1v) is 20.6. The quantitative estimate of drug-likeness (QED) is 0.182. The normalized spacial score (nSPS) is 21.2. The zero-order valence-electron chi connectivity index (χ0n) is 32.2. The van der Waals surface area contributed by atoms with Crippen LogP contribution in [0.25, 0.3) is 33.8 Å². The third-order valence-corrected chi connectivity index (χ3v) is 13.1. The maximum Gasteiger partial charge on any atom is 0.261 e. The van der Waals surface area contributed by atoms with Gasteiger partial charge in [0.15, 0.2) is 0 Å². The van der Waals surface area contributed by atoms with Crippen molar-refractivity contribution in [1.82, 2.24) is 28.9 Å². The summed E-state index contributed by atoms with van der Waals surface area (Å²) in [7, 11) is 3.87. The first-order valence-electron chi connectivity index (χ1n) is 19.7. The van der Waals surface area contributed by atoms with Gasteiger partial charge in [0.1, 0.15) is 5.75 Å². The number of rotatable bonds is 8. The van der Waals surface area contributed by atoms with E-state index in [4.69, 9.17) is 9.84 Å². The Balaban J connectivity index is 1.33. The molecule has 8 rings (SSSR count). The SMILES string of the molecule is COc1ccc2c(c1)C=C(c1c(C(=O)N3CC(C)N(C)C(C)C3)cnn1C1CCC1)Cn1c-2c(C2CCCCC2)c2ccc(C(=O)NSC(C)C)cc21. The molecule has 0 radical (unpaired) electrons. The highest BCUT2D eigenvalue weighted by atomic mass is 32.2. The van der Waals surface area contributed by atoms with Crippen molar-refractivity contribution in [3.63, 3.8) is 0 Å². The molecule has 2 amide bonds. The number of piperazine rings is 1. The van der Waals surface area contributed by atoms with Gasteiger partial charge in [-0.1, -0.05) is 39.2 Å². The first-order chi connectivity index (χ1) is 25.6. The molecule has 9 nitrogen and oxygen atoms in total. The minimum Gasteiger partial charge on any atom is -0.497 e. The number of hydrogen-bond donors (Lipinski definition) is 1. The minimum absolute atomic E-state index is 0.0514. The van der Waals surface area contributed by atoms with E-state index in [1.54, 1.807) is 7.11 Å². The Morgan fingerprint density at radius 2 is 1.70 bits per heavy atom. The molecule has 2 aliphatic carbocycles. The number of benzene rings is 2. The van der Waals surface area contributed by atoms with Gasteiger partial charge in [-0.15, -0.1) is 0 Å². The molecule has 10 heteroatoms. The summed E-state index contributed by atoms with van der Waals surface area (Å²) < 4.78 is 13.5. The van der Waals surface area contributed by atoms with Gasteiger partial charge in [-0.25, -0.2) is 0 Å². The van der Waals surface area contributed by atoms with Crippen molar-refractivity contribution in [1.29, 1.82) is 0 Å². The fourth-order valence-electron chi connectivity index (χ4n) is 9.04. The van der Waals surface area contributed by atoms with Crippen molar-refractivity contribution < 1.29 is 14.3 Å². The lowest BCUT2D eigenvalue weighted by atomic mass is 9.81. The molecule has 53 heavy (non-hydrogen) atoms. The van der Waals surface area contributed by atoms with Gasteiger partial charge in [0.2, 0.25) is 0 Å². The molecule has 4 aliphatic rings. The van der Waals surface area contributed by atoms with Gasteiger partial charge >= 0.3 is 0 Å². The summed E-state index contributed by atoms with van der Waals surface area (Å²) >= 11 is 1.44. The molecular formula is C43H54N6O3S. The van der Waals surface area contributed by atoms with Crippen LogP contribution in [0.3, 0.4) is 0 Å². The minimum atomic E-state index is -0.0820. The lowest BCUT2D eigenvalue weighted by Gasteiger charge is -2.42. The van der Waals surface area contributed by atoms with Crippen molar-refractivity contribution >= 4 is 46.3 Å². The van der Waals surface area contributed by atoms with Gasteiger partial charge in [0, 0.05) is 52.5 Å². The van der Waals surface area contributed by atoms with Crippen LogP contribution in [0.15, 0.2) is 42.6 Å². The van der Waals surface area contributed by atoms with E-state index in [1.807, 2.05) is 17.2 Å². The summed E-state index contributed by atoms with van der Waals surface area (Å²) in [5.74, 6) is 1.19. The van der Waals surface area contributed by atoms with Crippen LogP contribution in [0.1, 0.15) is 129 Å². The van der Waals surface area contributed by atoms with Gasteiger partial charge in [-0.05, 0) is 124 Å². The first kappa shape index (κ1) is 36.0. The van der Waals surface area contributed by atoms with E-state index < -0.39 is 0 Å². The van der Waals surface area contributed by atoms with Crippen LogP contribution in [0.2, 0.25) is 0 Å². The van der Waals surface area contributed by atoms with Crippen molar-refractivity contribution in [3.8, 4) is 17.0 Å². The molecule has 280 valence electrons. The Bertz CT molecular complexity index is 2060. The zero-order chi connectivity index (χ0) is 37.0. The smallest absolute Gasteiger partial charge is 0.261 e. The summed E-state index contributed by atoms with van der Waals surface area (Å²) in [6, 6.07) is 13.5. The molecular weight excluding hydrogens is 681 g/mol. The van der Waals surface area contributed by atoms with Crippen molar-refractivity contribution in [2.75, 3.05) is 27.2 Å². The monoisotopic (exact) mass is 734 g/mol. The molecule has 2 saturated carbocycles. The number of carbonyl (C=O) groups excluding carboxylic acids is 2. The molecule has 2 aliphatic heterocycles. The number of amides is 2. The van der Waals surface area contributed by atoms with Crippen LogP contribution in [0.4, 0.5) is 0 Å². The molecule has 1 saturated heterocycles. The summed E-state index contributed by atoms with van der Waals surface area (Å²) in [6.45, 7) is 10.5. The largest absolute Gasteiger partial charge is 0.497 e. The number of aromatic nitrogens is 3. The number of hydrogen-bond acceptors (Lipinski definition) is 6. The second kappa shape index (κ2) is 14.7. The highest BCUT2D eigenvalue weighted by molar-refractivity contribution is 7.98. The number of likely N-dealkylation sites (N-methyl/N-ethyl adjacent to an activating group) is 1. The van der Waals surface area contributed by atoms with Crippen molar-refractivity contribution in [3.05, 3.63) is 70.5 Å². The Kier molecular flexibility index (Phi) is 9.96. The highest BCUT2D eigenvalue weighted by Gasteiger charge is 2.36. The summed E-state index contributed by atoms with van der Waals surface area (Å²) in [6.07, 6.45) is 13.4. The number of nitrogens with one attached hydrogen (secondary N) is 1. The molecule has 2 atom stereocenters. The van der Waals surface area contributed by atoms with Crippen LogP contribution in [-0.4, -0.2) is 80.5 Å². The lowest BCUT2D eigenvalue weighted by molar-refractivity contribution is 0.0413. The average molecular weight is 735 g/mol. The third-order valence-electron chi connectivity index (χ3n) is 12.3. The van der Waals surface area contributed by atoms with E-state index in [1.165, 1.54) is 47.9 Å². The fraction of sp³-hybridized carbons (Fsp3) is 0.512. The molecule has 2 aromatic heterocycles. The summed E-state index contributed by atoms with van der Waals surface area (Å²) in [5, 5.41) is 6.49. The summed E-state index contributed by atoms with van der Waals surface area (Å²) in [5.41, 5.74) is 9.19. The number of nitrogens with zero attached hydrogens (tertiary/aromatic N) is 5. The number of fused-ring (bicyclic) bond motifs is 5. The molecule has 0 spiro atoms. The van der Waals surface area contributed by atoms with E-state index in [9.17, 15) is 9.59 Å². The maximum atomic E-state index is 14.7. The fourth-order valence-corrected chi connectivity index (χ4v) is 9.50. The number of carbonyl (C=O) groups is 2. The maximum absolute atomic E-state index is 14.7. The molecule has 2 aromatic carbocycles.